The summed E-state index contributed by atoms with van der Waals surface area (Å²) in [6, 6.07) is 11.2. The molecule has 1 aliphatic rings. The minimum atomic E-state index is -0.181. The standard InChI is InChI=1S/C20H21IN2O4/c1-26-17-10-15(16(21)11-18(17)27-2)20(25)22-12-13-5-7-14(8-6-13)23-9-3-4-19(23)24/h5-8,10-11H,3-4,9,12H2,1-2H3,(H,22,25). The fourth-order valence-corrected chi connectivity index (χ4v) is 3.70. The lowest BCUT2D eigenvalue weighted by Gasteiger charge is -2.16. The van der Waals surface area contributed by atoms with Gasteiger partial charge in [-0.05, 0) is 58.8 Å². The number of nitrogens with zero attached hydrogens (tertiary/aromatic N) is 1. The maximum absolute atomic E-state index is 12.6. The van der Waals surface area contributed by atoms with E-state index in [1.807, 2.05) is 24.3 Å². The molecule has 1 fully saturated rings. The van der Waals surface area contributed by atoms with E-state index in [1.165, 1.54) is 0 Å². The summed E-state index contributed by atoms with van der Waals surface area (Å²) in [5.41, 5.74) is 2.41. The molecule has 0 atom stereocenters. The predicted octanol–water partition coefficient (Wildman–Crippen LogP) is 3.37. The molecule has 1 saturated heterocycles. The van der Waals surface area contributed by atoms with Crippen LogP contribution in [0, 0.1) is 3.57 Å². The van der Waals surface area contributed by atoms with Crippen molar-refractivity contribution >= 4 is 40.1 Å². The highest BCUT2D eigenvalue weighted by molar-refractivity contribution is 14.1. The van der Waals surface area contributed by atoms with Gasteiger partial charge >= 0.3 is 0 Å². The highest BCUT2D eigenvalue weighted by Crippen LogP contribution is 2.31. The molecule has 6 nitrogen and oxygen atoms in total. The number of benzene rings is 2. The lowest BCUT2D eigenvalue weighted by Crippen LogP contribution is -2.24. The molecule has 0 saturated carbocycles. The van der Waals surface area contributed by atoms with Gasteiger partial charge in [0.25, 0.3) is 5.91 Å². The average Bonchev–Trinajstić information content (AvgIpc) is 3.12. The van der Waals surface area contributed by atoms with Gasteiger partial charge in [-0.2, -0.15) is 0 Å². The molecule has 2 aromatic carbocycles. The van der Waals surface area contributed by atoms with Crippen LogP contribution >= 0.6 is 22.6 Å². The van der Waals surface area contributed by atoms with E-state index in [4.69, 9.17) is 9.47 Å². The second-order valence-corrected chi connectivity index (χ2v) is 7.35. The average molecular weight is 480 g/mol. The van der Waals surface area contributed by atoms with Gasteiger partial charge in [-0.3, -0.25) is 9.59 Å². The highest BCUT2D eigenvalue weighted by atomic mass is 127. The number of methoxy groups -OCH3 is 2. The van der Waals surface area contributed by atoms with Gasteiger partial charge in [0.15, 0.2) is 11.5 Å². The molecule has 2 amide bonds. The molecule has 1 aliphatic heterocycles. The second kappa shape index (κ2) is 8.60. The van der Waals surface area contributed by atoms with E-state index in [1.54, 1.807) is 31.3 Å². The van der Waals surface area contributed by atoms with Gasteiger partial charge in [0.2, 0.25) is 5.91 Å². The summed E-state index contributed by atoms with van der Waals surface area (Å²) in [4.78, 5) is 26.2. The first kappa shape index (κ1) is 19.5. The van der Waals surface area contributed by atoms with E-state index in [-0.39, 0.29) is 11.8 Å². The maximum atomic E-state index is 12.6. The quantitative estimate of drug-likeness (QED) is 0.645. The minimum absolute atomic E-state index is 0.166. The third-order valence-electron chi connectivity index (χ3n) is 4.49. The van der Waals surface area contributed by atoms with Crippen molar-refractivity contribution < 1.29 is 19.1 Å². The number of carbonyl (C=O) groups excluding carboxylic acids is 2. The molecule has 3 rings (SSSR count). The van der Waals surface area contributed by atoms with Crippen LogP contribution in [-0.2, 0) is 11.3 Å². The first-order valence-electron chi connectivity index (χ1n) is 8.62. The number of anilines is 1. The Morgan fingerprint density at radius 2 is 1.81 bits per heavy atom. The summed E-state index contributed by atoms with van der Waals surface area (Å²) < 4.78 is 11.3. The first-order chi connectivity index (χ1) is 13.0. The fraction of sp³-hybridized carbons (Fsp3) is 0.300. The molecular formula is C20H21IN2O4. The molecule has 1 heterocycles. The van der Waals surface area contributed by atoms with Crippen LogP contribution in [-0.4, -0.2) is 32.6 Å². The SMILES string of the molecule is COc1cc(I)c(C(=O)NCc2ccc(N3CCCC3=O)cc2)cc1OC. The second-order valence-electron chi connectivity index (χ2n) is 6.19. The summed E-state index contributed by atoms with van der Waals surface area (Å²) in [5.74, 6) is 1.09. The summed E-state index contributed by atoms with van der Waals surface area (Å²) in [6.45, 7) is 1.17. The van der Waals surface area contributed by atoms with Crippen LogP contribution in [0.3, 0.4) is 0 Å². The normalized spacial score (nSPS) is 13.6. The van der Waals surface area contributed by atoms with Gasteiger partial charge in [-0.1, -0.05) is 12.1 Å². The van der Waals surface area contributed by atoms with E-state index in [9.17, 15) is 9.59 Å². The van der Waals surface area contributed by atoms with Crippen molar-refractivity contribution in [3.05, 3.63) is 51.1 Å². The van der Waals surface area contributed by atoms with Crippen LogP contribution in [0.25, 0.3) is 0 Å². The molecule has 2 aromatic rings. The number of halogens is 1. The molecule has 7 heteroatoms. The van der Waals surface area contributed by atoms with Gasteiger partial charge in [-0.25, -0.2) is 0 Å². The van der Waals surface area contributed by atoms with E-state index in [0.717, 1.165) is 27.8 Å². The molecular weight excluding hydrogens is 459 g/mol. The summed E-state index contributed by atoms with van der Waals surface area (Å²) in [7, 11) is 3.10. The fourth-order valence-electron chi connectivity index (χ4n) is 3.02. The number of carbonyl (C=O) groups is 2. The largest absolute Gasteiger partial charge is 0.493 e. The number of nitrogens with one attached hydrogen (secondary N) is 1. The van der Waals surface area contributed by atoms with E-state index < -0.39 is 0 Å². The Hall–Kier alpha value is -2.29. The van der Waals surface area contributed by atoms with Gasteiger partial charge in [0.05, 0.1) is 19.8 Å². The summed E-state index contributed by atoms with van der Waals surface area (Å²) in [6.07, 6.45) is 1.52. The van der Waals surface area contributed by atoms with Crippen LogP contribution in [0.2, 0.25) is 0 Å². The van der Waals surface area contributed by atoms with Crippen LogP contribution in [0.15, 0.2) is 36.4 Å². The van der Waals surface area contributed by atoms with Crippen molar-refractivity contribution in [3.63, 3.8) is 0 Å². The number of hydrogen-bond acceptors (Lipinski definition) is 4. The van der Waals surface area contributed by atoms with Gasteiger partial charge < -0.3 is 19.7 Å². The lowest BCUT2D eigenvalue weighted by molar-refractivity contribution is -0.117. The lowest BCUT2D eigenvalue weighted by atomic mass is 10.1. The van der Waals surface area contributed by atoms with Crippen molar-refractivity contribution in [2.45, 2.75) is 19.4 Å². The van der Waals surface area contributed by atoms with Crippen LogP contribution in [0.4, 0.5) is 5.69 Å². The number of hydrogen-bond donors (Lipinski definition) is 1. The Morgan fingerprint density at radius 1 is 1.15 bits per heavy atom. The third kappa shape index (κ3) is 4.35. The Balaban J connectivity index is 1.66. The van der Waals surface area contributed by atoms with Gasteiger partial charge in [-0.15, -0.1) is 0 Å². The Kier molecular flexibility index (Phi) is 6.20. The summed E-state index contributed by atoms with van der Waals surface area (Å²) >= 11 is 2.11. The van der Waals surface area contributed by atoms with Crippen molar-refractivity contribution in [3.8, 4) is 11.5 Å². The number of rotatable bonds is 6. The third-order valence-corrected chi connectivity index (χ3v) is 5.38. The Morgan fingerprint density at radius 3 is 2.41 bits per heavy atom. The zero-order valence-electron chi connectivity index (χ0n) is 15.3. The molecule has 0 spiro atoms. The molecule has 0 bridgehead atoms. The predicted molar refractivity (Wildman–Crippen MR) is 111 cm³/mol. The Bertz CT molecular complexity index is 852. The topological polar surface area (TPSA) is 67.9 Å². The monoisotopic (exact) mass is 480 g/mol. The number of amides is 2. The van der Waals surface area contributed by atoms with Crippen LogP contribution in [0.5, 0.6) is 11.5 Å². The van der Waals surface area contributed by atoms with Crippen molar-refractivity contribution in [2.75, 3.05) is 25.7 Å². The minimum Gasteiger partial charge on any atom is -0.493 e. The van der Waals surface area contributed by atoms with Crippen LogP contribution < -0.4 is 19.7 Å². The first-order valence-corrected chi connectivity index (χ1v) is 9.70. The zero-order valence-corrected chi connectivity index (χ0v) is 17.4. The van der Waals surface area contributed by atoms with Gasteiger partial charge in [0.1, 0.15) is 0 Å². The van der Waals surface area contributed by atoms with Crippen molar-refractivity contribution in [1.82, 2.24) is 5.32 Å². The molecule has 27 heavy (non-hydrogen) atoms. The van der Waals surface area contributed by atoms with Crippen LogP contribution in [0.1, 0.15) is 28.8 Å². The van der Waals surface area contributed by atoms with E-state index in [2.05, 4.69) is 27.9 Å². The highest BCUT2D eigenvalue weighted by Gasteiger charge is 2.21. The smallest absolute Gasteiger partial charge is 0.252 e. The molecule has 0 aromatic heterocycles. The maximum Gasteiger partial charge on any atom is 0.252 e. The Labute approximate surface area is 172 Å². The molecule has 0 unspecified atom stereocenters. The molecule has 142 valence electrons. The zero-order chi connectivity index (χ0) is 19.4. The summed E-state index contributed by atoms with van der Waals surface area (Å²) in [5, 5.41) is 2.92. The van der Waals surface area contributed by atoms with E-state index in [0.29, 0.717) is 30.0 Å². The van der Waals surface area contributed by atoms with Crippen molar-refractivity contribution in [2.24, 2.45) is 0 Å². The molecule has 0 radical (unpaired) electrons. The molecule has 0 aliphatic carbocycles. The van der Waals surface area contributed by atoms with Crippen molar-refractivity contribution in [1.29, 1.82) is 0 Å². The number of ether oxygens (including phenoxy) is 2. The van der Waals surface area contributed by atoms with E-state index >= 15 is 0 Å². The molecule has 1 N–H and O–H groups in total. The van der Waals surface area contributed by atoms with Gasteiger partial charge in [0, 0.05) is 28.8 Å².